The Morgan fingerprint density at radius 3 is 2.37 bits per heavy atom. The Kier molecular flexibility index (Phi) is 6.22. The van der Waals surface area contributed by atoms with Crippen molar-refractivity contribution in [2.45, 2.75) is 26.9 Å². The van der Waals surface area contributed by atoms with Crippen LogP contribution < -0.4 is 0 Å². The van der Waals surface area contributed by atoms with E-state index in [1.807, 2.05) is 30.3 Å². The van der Waals surface area contributed by atoms with Crippen LogP contribution in [0, 0.1) is 11.8 Å². The zero-order chi connectivity index (χ0) is 14.3. The number of ether oxygens (including phenoxy) is 1. The van der Waals surface area contributed by atoms with Gasteiger partial charge in [0.2, 0.25) is 0 Å². The van der Waals surface area contributed by atoms with E-state index in [0.717, 1.165) is 5.56 Å². The number of aliphatic hydroxyl groups excluding tert-OH is 1. The predicted octanol–water partition coefficient (Wildman–Crippen LogP) is 1.95. The molecular weight excluding hydrogens is 244 g/mol. The topological polar surface area (TPSA) is 63.6 Å². The summed E-state index contributed by atoms with van der Waals surface area (Å²) >= 11 is 0. The maximum Gasteiger partial charge on any atom is 0.312 e. The lowest BCUT2D eigenvalue weighted by atomic mass is 9.97. The highest BCUT2D eigenvalue weighted by Crippen LogP contribution is 2.12. The van der Waals surface area contributed by atoms with Crippen molar-refractivity contribution in [3.8, 4) is 0 Å². The van der Waals surface area contributed by atoms with Crippen molar-refractivity contribution in [2.75, 3.05) is 6.61 Å². The van der Waals surface area contributed by atoms with Crippen LogP contribution in [0.4, 0.5) is 0 Å². The molecular formula is C15H20O4. The summed E-state index contributed by atoms with van der Waals surface area (Å²) in [6.45, 7) is 3.33. The summed E-state index contributed by atoms with van der Waals surface area (Å²) in [6, 6.07) is 9.29. The highest BCUT2D eigenvalue weighted by atomic mass is 16.5. The van der Waals surface area contributed by atoms with Crippen LogP contribution >= 0.6 is 0 Å². The molecule has 1 atom stereocenters. The molecule has 0 bridgehead atoms. The molecule has 4 heteroatoms. The molecule has 0 aliphatic carbocycles. The van der Waals surface area contributed by atoms with Crippen LogP contribution in [0.25, 0.3) is 0 Å². The van der Waals surface area contributed by atoms with Crippen molar-refractivity contribution in [1.82, 2.24) is 0 Å². The second kappa shape index (κ2) is 7.69. The molecule has 0 saturated heterocycles. The Labute approximate surface area is 113 Å². The number of hydrogen-bond donors (Lipinski definition) is 1. The molecule has 1 aromatic carbocycles. The lowest BCUT2D eigenvalue weighted by molar-refractivity contribution is -0.153. The normalized spacial score (nSPS) is 12.2. The summed E-state index contributed by atoms with van der Waals surface area (Å²) < 4.78 is 5.11. The number of carbonyl (C=O) groups is 2. The third-order valence-electron chi connectivity index (χ3n) is 2.87. The Morgan fingerprint density at radius 1 is 1.21 bits per heavy atom. The van der Waals surface area contributed by atoms with Gasteiger partial charge in [-0.1, -0.05) is 44.2 Å². The fourth-order valence-electron chi connectivity index (χ4n) is 1.55. The van der Waals surface area contributed by atoms with Gasteiger partial charge >= 0.3 is 5.97 Å². The molecule has 0 aromatic heterocycles. The first kappa shape index (κ1) is 15.4. The minimum absolute atomic E-state index is 0.0296. The summed E-state index contributed by atoms with van der Waals surface area (Å²) in [5.74, 6) is -1.48. The van der Waals surface area contributed by atoms with E-state index >= 15 is 0 Å². The summed E-state index contributed by atoms with van der Waals surface area (Å²) in [7, 11) is 0. The maximum absolute atomic E-state index is 11.8. The van der Waals surface area contributed by atoms with Crippen LogP contribution in [-0.2, 0) is 20.9 Å². The van der Waals surface area contributed by atoms with Crippen molar-refractivity contribution in [1.29, 1.82) is 0 Å². The molecule has 1 N–H and O–H groups in total. The van der Waals surface area contributed by atoms with Gasteiger partial charge in [0.1, 0.15) is 12.4 Å². The van der Waals surface area contributed by atoms with E-state index in [-0.39, 0.29) is 31.3 Å². The molecule has 0 heterocycles. The number of benzene rings is 1. The van der Waals surface area contributed by atoms with E-state index in [4.69, 9.17) is 4.74 Å². The van der Waals surface area contributed by atoms with Gasteiger partial charge in [0.05, 0.1) is 12.5 Å². The van der Waals surface area contributed by atoms with Gasteiger partial charge in [0, 0.05) is 12.3 Å². The first-order valence-electron chi connectivity index (χ1n) is 6.38. The van der Waals surface area contributed by atoms with Crippen molar-refractivity contribution < 1.29 is 19.4 Å². The Morgan fingerprint density at radius 2 is 1.84 bits per heavy atom. The van der Waals surface area contributed by atoms with Gasteiger partial charge in [-0.2, -0.15) is 0 Å². The van der Waals surface area contributed by atoms with Crippen LogP contribution in [0.15, 0.2) is 30.3 Å². The lowest BCUT2D eigenvalue weighted by Gasteiger charge is -2.14. The molecule has 4 nitrogen and oxygen atoms in total. The smallest absolute Gasteiger partial charge is 0.312 e. The summed E-state index contributed by atoms with van der Waals surface area (Å²) in [4.78, 5) is 23.3. The van der Waals surface area contributed by atoms with Gasteiger partial charge < -0.3 is 9.84 Å². The quantitative estimate of drug-likeness (QED) is 0.765. The molecule has 0 aliphatic rings. The van der Waals surface area contributed by atoms with E-state index in [2.05, 4.69) is 0 Å². The van der Waals surface area contributed by atoms with E-state index in [0.29, 0.717) is 0 Å². The maximum atomic E-state index is 11.8. The number of Topliss-reactive ketones (excluding diaryl/α,β-unsaturated/α-hetero) is 1. The Balaban J connectivity index is 2.48. The molecule has 0 radical (unpaired) electrons. The summed E-state index contributed by atoms with van der Waals surface area (Å²) in [5.41, 5.74) is 0.878. The number of esters is 1. The van der Waals surface area contributed by atoms with Crippen LogP contribution in [0.2, 0.25) is 0 Å². The fourth-order valence-corrected chi connectivity index (χ4v) is 1.55. The predicted molar refractivity (Wildman–Crippen MR) is 71.3 cm³/mol. The van der Waals surface area contributed by atoms with Crippen LogP contribution in [-0.4, -0.2) is 23.5 Å². The standard InChI is InChI=1S/C15H20O4/c1-11(2)14(17)8-13(9-16)15(18)19-10-12-6-4-3-5-7-12/h3-7,11,13,16H,8-10H2,1-2H3. The van der Waals surface area contributed by atoms with Crippen LogP contribution in [0.1, 0.15) is 25.8 Å². The average molecular weight is 264 g/mol. The number of carbonyl (C=O) groups excluding carboxylic acids is 2. The van der Waals surface area contributed by atoms with Gasteiger partial charge in [-0.3, -0.25) is 9.59 Å². The molecule has 0 amide bonds. The lowest BCUT2D eigenvalue weighted by Crippen LogP contribution is -2.25. The third-order valence-corrected chi connectivity index (χ3v) is 2.87. The van der Waals surface area contributed by atoms with E-state index in [9.17, 15) is 14.7 Å². The van der Waals surface area contributed by atoms with Crippen molar-refractivity contribution in [2.24, 2.45) is 11.8 Å². The molecule has 1 rings (SSSR count). The Bertz CT molecular complexity index is 411. The van der Waals surface area contributed by atoms with E-state index < -0.39 is 11.9 Å². The van der Waals surface area contributed by atoms with Gasteiger partial charge in [-0.05, 0) is 5.56 Å². The van der Waals surface area contributed by atoms with Crippen LogP contribution in [0.5, 0.6) is 0 Å². The first-order chi connectivity index (χ1) is 9.04. The first-order valence-corrected chi connectivity index (χ1v) is 6.38. The minimum atomic E-state index is -0.765. The average Bonchev–Trinajstić information content (AvgIpc) is 2.42. The Hall–Kier alpha value is -1.68. The second-order valence-corrected chi connectivity index (χ2v) is 4.80. The number of ketones is 1. The number of hydrogen-bond acceptors (Lipinski definition) is 4. The molecule has 104 valence electrons. The van der Waals surface area contributed by atoms with Crippen LogP contribution in [0.3, 0.4) is 0 Å². The highest BCUT2D eigenvalue weighted by Gasteiger charge is 2.23. The van der Waals surface area contributed by atoms with Gasteiger partial charge in [-0.25, -0.2) is 0 Å². The van der Waals surface area contributed by atoms with Crippen molar-refractivity contribution >= 4 is 11.8 Å². The molecule has 1 aromatic rings. The monoisotopic (exact) mass is 264 g/mol. The molecule has 0 aliphatic heterocycles. The zero-order valence-corrected chi connectivity index (χ0v) is 11.3. The third kappa shape index (κ3) is 5.22. The van der Waals surface area contributed by atoms with Crippen molar-refractivity contribution in [3.63, 3.8) is 0 Å². The minimum Gasteiger partial charge on any atom is -0.461 e. The second-order valence-electron chi connectivity index (χ2n) is 4.80. The summed E-state index contributed by atoms with van der Waals surface area (Å²) in [5, 5.41) is 9.17. The zero-order valence-electron chi connectivity index (χ0n) is 11.3. The highest BCUT2D eigenvalue weighted by molar-refractivity contribution is 5.85. The molecule has 19 heavy (non-hydrogen) atoms. The number of aliphatic hydroxyl groups is 1. The largest absolute Gasteiger partial charge is 0.461 e. The van der Waals surface area contributed by atoms with E-state index in [1.165, 1.54) is 0 Å². The van der Waals surface area contributed by atoms with Gasteiger partial charge in [-0.15, -0.1) is 0 Å². The molecule has 0 saturated carbocycles. The van der Waals surface area contributed by atoms with E-state index in [1.54, 1.807) is 13.8 Å². The molecule has 0 fully saturated rings. The SMILES string of the molecule is CC(C)C(=O)CC(CO)C(=O)OCc1ccccc1. The van der Waals surface area contributed by atoms with Gasteiger partial charge in [0.25, 0.3) is 0 Å². The molecule has 0 spiro atoms. The summed E-state index contributed by atoms with van der Waals surface area (Å²) in [6.07, 6.45) is 0.0296. The van der Waals surface area contributed by atoms with Gasteiger partial charge in [0.15, 0.2) is 0 Å². The number of rotatable bonds is 7. The van der Waals surface area contributed by atoms with Crippen molar-refractivity contribution in [3.05, 3.63) is 35.9 Å². The molecule has 1 unspecified atom stereocenters. The fraction of sp³-hybridized carbons (Fsp3) is 0.467.